The topological polar surface area (TPSA) is 38.3 Å². The highest BCUT2D eigenvalue weighted by Gasteiger charge is 2.26. The molecule has 0 saturated heterocycles. The second-order valence-corrected chi connectivity index (χ2v) is 5.18. The highest BCUT2D eigenvalue weighted by molar-refractivity contribution is 6.02. The van der Waals surface area contributed by atoms with E-state index in [1.165, 1.54) is 0 Å². The van der Waals surface area contributed by atoms with Crippen LogP contribution in [0, 0.1) is 0 Å². The Hall–Kier alpha value is -2.29. The van der Waals surface area contributed by atoms with Crippen LogP contribution in [0.25, 0.3) is 0 Å². The molecule has 3 rings (SSSR count). The quantitative estimate of drug-likeness (QED) is 0.865. The lowest BCUT2D eigenvalue weighted by Crippen LogP contribution is -2.23. The molecule has 0 bridgehead atoms. The van der Waals surface area contributed by atoms with Crippen molar-refractivity contribution in [2.24, 2.45) is 0 Å². The largest absolute Gasteiger partial charge is 0.494 e. The SMILES string of the molecule is CCOc1ccc(C(=O)C2CCNc3ccccc32)cc1. The predicted molar refractivity (Wildman–Crippen MR) is 84.2 cm³/mol. The number of anilines is 1. The Morgan fingerprint density at radius 3 is 2.71 bits per heavy atom. The lowest BCUT2D eigenvalue weighted by Gasteiger charge is -2.25. The van der Waals surface area contributed by atoms with E-state index in [1.54, 1.807) is 0 Å². The van der Waals surface area contributed by atoms with Gasteiger partial charge in [-0.1, -0.05) is 18.2 Å². The molecule has 21 heavy (non-hydrogen) atoms. The number of ketones is 1. The molecule has 3 nitrogen and oxygen atoms in total. The minimum atomic E-state index is -0.0552. The van der Waals surface area contributed by atoms with Gasteiger partial charge in [-0.3, -0.25) is 4.79 Å². The third-order valence-electron chi connectivity index (χ3n) is 3.85. The Labute approximate surface area is 124 Å². The van der Waals surface area contributed by atoms with Crippen molar-refractivity contribution in [3.63, 3.8) is 0 Å². The van der Waals surface area contributed by atoms with E-state index in [4.69, 9.17) is 4.74 Å². The number of fused-ring (bicyclic) bond motifs is 1. The number of carbonyl (C=O) groups excluding carboxylic acids is 1. The van der Waals surface area contributed by atoms with E-state index in [2.05, 4.69) is 5.32 Å². The maximum Gasteiger partial charge on any atom is 0.170 e. The highest BCUT2D eigenvalue weighted by Crippen LogP contribution is 2.33. The van der Waals surface area contributed by atoms with Crippen molar-refractivity contribution >= 4 is 11.5 Å². The monoisotopic (exact) mass is 281 g/mol. The minimum absolute atomic E-state index is 0.0552. The second kappa shape index (κ2) is 6.00. The number of benzene rings is 2. The first-order chi connectivity index (χ1) is 10.3. The molecule has 0 aromatic heterocycles. The maximum absolute atomic E-state index is 12.8. The molecule has 2 aromatic rings. The van der Waals surface area contributed by atoms with E-state index in [9.17, 15) is 4.79 Å². The van der Waals surface area contributed by atoms with Gasteiger partial charge >= 0.3 is 0 Å². The molecule has 1 unspecified atom stereocenters. The Bertz CT molecular complexity index is 634. The molecule has 1 atom stereocenters. The Kier molecular flexibility index (Phi) is 3.91. The van der Waals surface area contributed by atoms with Crippen LogP contribution < -0.4 is 10.1 Å². The standard InChI is InChI=1S/C18H19NO2/c1-2-21-14-9-7-13(8-10-14)18(20)16-11-12-19-17-6-4-3-5-15(16)17/h3-10,16,19H,2,11-12H2,1H3. The van der Waals surface area contributed by atoms with E-state index in [0.29, 0.717) is 6.61 Å². The zero-order chi connectivity index (χ0) is 14.7. The van der Waals surface area contributed by atoms with Crippen molar-refractivity contribution in [2.75, 3.05) is 18.5 Å². The maximum atomic E-state index is 12.8. The van der Waals surface area contributed by atoms with Crippen LogP contribution in [0.1, 0.15) is 35.2 Å². The first-order valence-corrected chi connectivity index (χ1v) is 7.39. The van der Waals surface area contributed by atoms with Crippen molar-refractivity contribution in [3.8, 4) is 5.75 Å². The number of ether oxygens (including phenoxy) is 1. The summed E-state index contributed by atoms with van der Waals surface area (Å²) >= 11 is 0. The number of nitrogens with one attached hydrogen (secondary N) is 1. The van der Waals surface area contributed by atoms with Gasteiger partial charge in [-0.15, -0.1) is 0 Å². The van der Waals surface area contributed by atoms with E-state index in [0.717, 1.165) is 35.5 Å². The van der Waals surface area contributed by atoms with Gasteiger partial charge in [0.1, 0.15) is 5.75 Å². The van der Waals surface area contributed by atoms with Gasteiger partial charge in [0, 0.05) is 17.8 Å². The predicted octanol–water partition coefficient (Wildman–Crippen LogP) is 3.87. The molecule has 108 valence electrons. The average molecular weight is 281 g/mol. The van der Waals surface area contributed by atoms with Crippen LogP contribution in [0.2, 0.25) is 0 Å². The van der Waals surface area contributed by atoms with Crippen LogP contribution >= 0.6 is 0 Å². The first-order valence-electron chi connectivity index (χ1n) is 7.39. The molecular weight excluding hydrogens is 262 g/mol. The van der Waals surface area contributed by atoms with Gasteiger partial charge in [0.15, 0.2) is 5.78 Å². The molecule has 0 aliphatic carbocycles. The molecule has 1 N–H and O–H groups in total. The summed E-state index contributed by atoms with van der Waals surface area (Å²) in [6.45, 7) is 3.42. The molecule has 1 aliphatic heterocycles. The summed E-state index contributed by atoms with van der Waals surface area (Å²) in [5.74, 6) is 0.937. The van der Waals surface area contributed by atoms with Gasteiger partial charge in [-0.2, -0.15) is 0 Å². The summed E-state index contributed by atoms with van der Waals surface area (Å²) in [5.41, 5.74) is 2.93. The molecule has 1 aliphatic rings. The van der Waals surface area contributed by atoms with Gasteiger partial charge in [0.25, 0.3) is 0 Å². The van der Waals surface area contributed by atoms with E-state index in [-0.39, 0.29) is 11.7 Å². The number of rotatable bonds is 4. The number of para-hydroxylation sites is 1. The number of hydrogen-bond acceptors (Lipinski definition) is 3. The molecule has 0 radical (unpaired) electrons. The molecule has 0 fully saturated rings. The fraction of sp³-hybridized carbons (Fsp3) is 0.278. The highest BCUT2D eigenvalue weighted by atomic mass is 16.5. The normalized spacial score (nSPS) is 16.7. The summed E-state index contributed by atoms with van der Waals surface area (Å²) in [6, 6.07) is 15.5. The van der Waals surface area contributed by atoms with Gasteiger partial charge in [0.2, 0.25) is 0 Å². The van der Waals surface area contributed by atoms with Crippen LogP contribution in [0.4, 0.5) is 5.69 Å². The fourth-order valence-electron chi connectivity index (χ4n) is 2.82. The summed E-state index contributed by atoms with van der Waals surface area (Å²) in [7, 11) is 0. The first kappa shape index (κ1) is 13.7. The van der Waals surface area contributed by atoms with Gasteiger partial charge < -0.3 is 10.1 Å². The van der Waals surface area contributed by atoms with Crippen molar-refractivity contribution in [1.29, 1.82) is 0 Å². The van der Waals surface area contributed by atoms with Crippen LogP contribution in [-0.2, 0) is 0 Å². The van der Waals surface area contributed by atoms with Crippen molar-refractivity contribution in [2.45, 2.75) is 19.3 Å². The molecule has 0 spiro atoms. The molecule has 3 heteroatoms. The number of hydrogen-bond donors (Lipinski definition) is 1. The second-order valence-electron chi connectivity index (χ2n) is 5.18. The number of carbonyl (C=O) groups is 1. The number of Topliss-reactive ketones (excluding diaryl/α,β-unsaturated/α-hetero) is 1. The lowest BCUT2D eigenvalue weighted by atomic mass is 9.85. The summed E-state index contributed by atoms with van der Waals surface area (Å²) < 4.78 is 5.42. The van der Waals surface area contributed by atoms with E-state index in [1.807, 2.05) is 55.5 Å². The molecular formula is C18H19NO2. The van der Waals surface area contributed by atoms with Crippen molar-refractivity contribution < 1.29 is 9.53 Å². The molecule has 2 aromatic carbocycles. The van der Waals surface area contributed by atoms with Crippen molar-refractivity contribution in [1.82, 2.24) is 0 Å². The lowest BCUT2D eigenvalue weighted by molar-refractivity contribution is 0.0955. The van der Waals surface area contributed by atoms with Crippen LogP contribution in [0.15, 0.2) is 48.5 Å². The zero-order valence-corrected chi connectivity index (χ0v) is 12.1. The summed E-state index contributed by atoms with van der Waals surface area (Å²) in [6.07, 6.45) is 0.836. The van der Waals surface area contributed by atoms with E-state index < -0.39 is 0 Å². The summed E-state index contributed by atoms with van der Waals surface area (Å²) in [4.78, 5) is 12.8. The van der Waals surface area contributed by atoms with Gasteiger partial charge in [0.05, 0.1) is 12.5 Å². The van der Waals surface area contributed by atoms with Crippen LogP contribution in [0.3, 0.4) is 0 Å². The van der Waals surface area contributed by atoms with E-state index >= 15 is 0 Å². The molecule has 0 saturated carbocycles. The smallest absolute Gasteiger partial charge is 0.170 e. The van der Waals surface area contributed by atoms with Crippen molar-refractivity contribution in [3.05, 3.63) is 59.7 Å². The Balaban J connectivity index is 1.86. The third-order valence-corrected chi connectivity index (χ3v) is 3.85. The third kappa shape index (κ3) is 2.77. The zero-order valence-electron chi connectivity index (χ0n) is 12.1. The average Bonchev–Trinajstić information content (AvgIpc) is 2.55. The Morgan fingerprint density at radius 1 is 1.19 bits per heavy atom. The summed E-state index contributed by atoms with van der Waals surface area (Å²) in [5, 5.41) is 3.35. The Morgan fingerprint density at radius 2 is 1.95 bits per heavy atom. The van der Waals surface area contributed by atoms with Crippen LogP contribution in [-0.4, -0.2) is 18.9 Å². The van der Waals surface area contributed by atoms with Crippen LogP contribution in [0.5, 0.6) is 5.75 Å². The van der Waals surface area contributed by atoms with Gasteiger partial charge in [-0.05, 0) is 49.2 Å². The van der Waals surface area contributed by atoms with Gasteiger partial charge in [-0.25, -0.2) is 0 Å². The molecule has 1 heterocycles. The molecule has 0 amide bonds. The fourth-order valence-corrected chi connectivity index (χ4v) is 2.82. The minimum Gasteiger partial charge on any atom is -0.494 e.